The second kappa shape index (κ2) is 9.94. The highest BCUT2D eigenvalue weighted by atomic mass is 79.9. The van der Waals surface area contributed by atoms with E-state index in [1.165, 1.54) is 0 Å². The fourth-order valence-corrected chi connectivity index (χ4v) is 4.62. The number of carbonyl (C=O) groups excluding carboxylic acids is 2. The molecule has 0 radical (unpaired) electrons. The summed E-state index contributed by atoms with van der Waals surface area (Å²) < 4.78 is 16.4. The van der Waals surface area contributed by atoms with Gasteiger partial charge in [-0.25, -0.2) is 4.79 Å². The van der Waals surface area contributed by atoms with E-state index in [0.29, 0.717) is 10.6 Å². The number of esters is 1. The minimum absolute atomic E-state index is 0.141. The first-order chi connectivity index (χ1) is 14.4. The number of halogens is 2. The SMILES string of the molecule is CCOC(=O)C(OCc1ccc(OC)cc1)C1C(=O)c2ccc(Cl)cc2C(Br)C1C. The van der Waals surface area contributed by atoms with Gasteiger partial charge in [0.25, 0.3) is 0 Å². The summed E-state index contributed by atoms with van der Waals surface area (Å²) in [4.78, 5) is 26.0. The van der Waals surface area contributed by atoms with Gasteiger partial charge in [0.1, 0.15) is 5.75 Å². The maximum Gasteiger partial charge on any atom is 0.336 e. The molecule has 0 aromatic heterocycles. The van der Waals surface area contributed by atoms with Gasteiger partial charge in [0.05, 0.1) is 26.2 Å². The molecule has 0 N–H and O–H groups in total. The molecule has 0 amide bonds. The number of ether oxygens (including phenoxy) is 3. The second-order valence-electron chi connectivity index (χ2n) is 7.21. The van der Waals surface area contributed by atoms with Gasteiger partial charge in [-0.2, -0.15) is 0 Å². The minimum atomic E-state index is -1.02. The van der Waals surface area contributed by atoms with Crippen LogP contribution in [0.4, 0.5) is 0 Å². The third kappa shape index (κ3) is 4.71. The predicted octanol–water partition coefficient (Wildman–Crippen LogP) is 5.38. The lowest BCUT2D eigenvalue weighted by molar-refractivity contribution is -0.162. The Labute approximate surface area is 189 Å². The van der Waals surface area contributed by atoms with Crippen molar-refractivity contribution in [2.24, 2.45) is 11.8 Å². The van der Waals surface area contributed by atoms with E-state index in [-0.39, 0.29) is 29.7 Å². The number of ketones is 1. The highest BCUT2D eigenvalue weighted by molar-refractivity contribution is 9.09. The van der Waals surface area contributed by atoms with Crippen LogP contribution in [0.3, 0.4) is 0 Å². The summed E-state index contributed by atoms with van der Waals surface area (Å²) >= 11 is 9.82. The highest BCUT2D eigenvalue weighted by Crippen LogP contribution is 2.46. The van der Waals surface area contributed by atoms with E-state index >= 15 is 0 Å². The number of benzene rings is 2. The summed E-state index contributed by atoms with van der Waals surface area (Å²) in [5.41, 5.74) is 2.24. The molecule has 4 unspecified atom stereocenters. The zero-order valence-electron chi connectivity index (χ0n) is 17.1. The average Bonchev–Trinajstić information content (AvgIpc) is 2.74. The molecule has 4 atom stereocenters. The Hall–Kier alpha value is -1.89. The number of alkyl halides is 1. The van der Waals surface area contributed by atoms with Crippen LogP contribution in [0.5, 0.6) is 5.75 Å². The van der Waals surface area contributed by atoms with Crippen molar-refractivity contribution in [2.45, 2.75) is 31.4 Å². The highest BCUT2D eigenvalue weighted by Gasteiger charge is 2.46. The van der Waals surface area contributed by atoms with Gasteiger partial charge in [-0.05, 0) is 54.3 Å². The molecule has 5 nitrogen and oxygen atoms in total. The Morgan fingerprint density at radius 2 is 1.90 bits per heavy atom. The van der Waals surface area contributed by atoms with Crippen molar-refractivity contribution in [1.82, 2.24) is 0 Å². The fourth-order valence-electron chi connectivity index (χ4n) is 3.73. The molecule has 0 fully saturated rings. The van der Waals surface area contributed by atoms with E-state index in [2.05, 4.69) is 15.9 Å². The van der Waals surface area contributed by atoms with E-state index in [0.717, 1.165) is 16.9 Å². The summed E-state index contributed by atoms with van der Waals surface area (Å²) in [6.45, 7) is 4.04. The van der Waals surface area contributed by atoms with Crippen LogP contribution in [0.1, 0.15) is 40.2 Å². The van der Waals surface area contributed by atoms with Crippen molar-refractivity contribution >= 4 is 39.3 Å². The molecule has 0 heterocycles. The molecule has 3 rings (SSSR count). The van der Waals surface area contributed by atoms with Gasteiger partial charge < -0.3 is 14.2 Å². The minimum Gasteiger partial charge on any atom is -0.497 e. The summed E-state index contributed by atoms with van der Waals surface area (Å²) in [6.07, 6.45) is -1.02. The molecule has 1 aliphatic rings. The number of hydrogen-bond donors (Lipinski definition) is 0. The predicted molar refractivity (Wildman–Crippen MR) is 118 cm³/mol. The molecule has 0 aliphatic heterocycles. The van der Waals surface area contributed by atoms with Gasteiger partial charge in [0.2, 0.25) is 0 Å². The summed E-state index contributed by atoms with van der Waals surface area (Å²) in [5, 5.41) is 0.564. The Morgan fingerprint density at radius 3 is 2.53 bits per heavy atom. The van der Waals surface area contributed by atoms with Gasteiger partial charge in [0, 0.05) is 15.4 Å². The monoisotopic (exact) mass is 494 g/mol. The zero-order chi connectivity index (χ0) is 21.8. The lowest BCUT2D eigenvalue weighted by Crippen LogP contribution is -2.45. The third-order valence-electron chi connectivity index (χ3n) is 5.34. The molecule has 0 saturated heterocycles. The van der Waals surface area contributed by atoms with E-state index in [1.807, 2.05) is 31.2 Å². The standard InChI is InChI=1S/C23H24BrClO5/c1-4-29-23(27)22(30-12-14-5-8-16(28-3)9-6-14)19-13(2)20(24)18-11-15(25)7-10-17(18)21(19)26/h5-11,13,19-20,22H,4,12H2,1-3H3. The summed E-state index contributed by atoms with van der Waals surface area (Å²) in [5.74, 6) is -0.825. The van der Waals surface area contributed by atoms with Gasteiger partial charge in [0.15, 0.2) is 11.9 Å². The van der Waals surface area contributed by atoms with Crippen LogP contribution in [0.2, 0.25) is 5.02 Å². The molecule has 2 aromatic carbocycles. The van der Waals surface area contributed by atoms with Gasteiger partial charge in [-0.3, -0.25) is 4.79 Å². The topological polar surface area (TPSA) is 61.8 Å². The fraction of sp³-hybridized carbons (Fsp3) is 0.391. The Bertz CT molecular complexity index is 914. The first-order valence-corrected chi connectivity index (χ1v) is 11.1. The van der Waals surface area contributed by atoms with Crippen LogP contribution in [0.15, 0.2) is 42.5 Å². The lowest BCUT2D eigenvalue weighted by atomic mass is 9.73. The first kappa shape index (κ1) is 22.8. The van der Waals surface area contributed by atoms with E-state index < -0.39 is 18.0 Å². The van der Waals surface area contributed by atoms with Crippen molar-refractivity contribution in [3.05, 3.63) is 64.2 Å². The van der Waals surface area contributed by atoms with Crippen molar-refractivity contribution in [1.29, 1.82) is 0 Å². The number of hydrogen-bond acceptors (Lipinski definition) is 5. The number of carbonyl (C=O) groups is 2. The molecule has 0 bridgehead atoms. The van der Waals surface area contributed by atoms with Gasteiger partial charge >= 0.3 is 5.97 Å². The number of Topliss-reactive ketones (excluding diaryl/α,β-unsaturated/α-hetero) is 1. The quantitative estimate of drug-likeness (QED) is 0.381. The summed E-state index contributed by atoms with van der Waals surface area (Å²) in [6, 6.07) is 12.5. The molecule has 2 aromatic rings. The van der Waals surface area contributed by atoms with E-state index in [9.17, 15) is 9.59 Å². The maximum atomic E-state index is 13.4. The molecule has 30 heavy (non-hydrogen) atoms. The Kier molecular flexibility index (Phi) is 7.55. The molecular weight excluding hydrogens is 472 g/mol. The smallest absolute Gasteiger partial charge is 0.336 e. The van der Waals surface area contributed by atoms with Crippen molar-refractivity contribution < 1.29 is 23.8 Å². The van der Waals surface area contributed by atoms with Gasteiger partial charge in [-0.15, -0.1) is 0 Å². The third-order valence-corrected chi connectivity index (χ3v) is 6.90. The molecule has 1 aliphatic carbocycles. The van der Waals surface area contributed by atoms with Crippen molar-refractivity contribution in [3.8, 4) is 5.75 Å². The number of fused-ring (bicyclic) bond motifs is 1. The Morgan fingerprint density at radius 1 is 1.20 bits per heavy atom. The van der Waals surface area contributed by atoms with E-state index in [4.69, 9.17) is 25.8 Å². The first-order valence-electron chi connectivity index (χ1n) is 9.76. The number of rotatable bonds is 7. The maximum absolute atomic E-state index is 13.4. The molecule has 0 saturated carbocycles. The summed E-state index contributed by atoms with van der Waals surface area (Å²) in [7, 11) is 1.60. The molecule has 0 spiro atoms. The van der Waals surface area contributed by atoms with E-state index in [1.54, 1.807) is 32.2 Å². The largest absolute Gasteiger partial charge is 0.497 e. The molecular formula is C23H24BrClO5. The van der Waals surface area contributed by atoms with Crippen LogP contribution in [0, 0.1) is 11.8 Å². The van der Waals surface area contributed by atoms with Crippen LogP contribution in [0.25, 0.3) is 0 Å². The number of methoxy groups -OCH3 is 1. The van der Waals surface area contributed by atoms with Gasteiger partial charge in [-0.1, -0.05) is 46.6 Å². The van der Waals surface area contributed by atoms with Crippen molar-refractivity contribution in [2.75, 3.05) is 13.7 Å². The second-order valence-corrected chi connectivity index (χ2v) is 8.64. The molecule has 160 valence electrons. The zero-order valence-corrected chi connectivity index (χ0v) is 19.4. The molecule has 7 heteroatoms. The van der Waals surface area contributed by atoms with Crippen LogP contribution in [-0.4, -0.2) is 31.6 Å². The van der Waals surface area contributed by atoms with Crippen LogP contribution in [-0.2, 0) is 20.9 Å². The van der Waals surface area contributed by atoms with Crippen LogP contribution < -0.4 is 4.74 Å². The van der Waals surface area contributed by atoms with Crippen LogP contribution >= 0.6 is 27.5 Å². The normalized spacial score (nSPS) is 21.6. The lowest BCUT2D eigenvalue weighted by Gasteiger charge is -2.37. The Balaban J connectivity index is 1.89. The van der Waals surface area contributed by atoms with Crippen molar-refractivity contribution in [3.63, 3.8) is 0 Å². The average molecular weight is 496 g/mol.